The maximum Gasteiger partial charge on any atom is 0.375 e. The number of anilines is 1. The summed E-state index contributed by atoms with van der Waals surface area (Å²) in [5.41, 5.74) is 2.32. The van der Waals surface area contributed by atoms with Crippen molar-refractivity contribution in [2.24, 2.45) is 5.14 Å². The molecule has 0 radical (unpaired) electrons. The van der Waals surface area contributed by atoms with E-state index in [1.165, 1.54) is 23.1 Å². The van der Waals surface area contributed by atoms with Gasteiger partial charge in [0.25, 0.3) is 5.91 Å². The van der Waals surface area contributed by atoms with E-state index in [0.29, 0.717) is 39.2 Å². The van der Waals surface area contributed by atoms with Crippen molar-refractivity contribution < 1.29 is 27.2 Å². The quantitative estimate of drug-likeness (QED) is 0.594. The number of furan rings is 1. The number of halogens is 1. The fourth-order valence-electron chi connectivity index (χ4n) is 3.81. The van der Waals surface area contributed by atoms with Crippen molar-refractivity contribution in [1.82, 2.24) is 0 Å². The Kier molecular flexibility index (Phi) is 5.28. The van der Waals surface area contributed by atoms with Gasteiger partial charge in [0.1, 0.15) is 5.58 Å². The van der Waals surface area contributed by atoms with Gasteiger partial charge in [0, 0.05) is 27.7 Å². The first-order valence-corrected chi connectivity index (χ1v) is 11.3. The Hall–Kier alpha value is -2.88. The third kappa shape index (κ3) is 3.91. The number of hydrogen-bond acceptors (Lipinski definition) is 6. The molecule has 8 nitrogen and oxygen atoms in total. The van der Waals surface area contributed by atoms with Gasteiger partial charge in [-0.3, -0.25) is 4.79 Å². The number of esters is 1. The molecule has 0 unspecified atom stereocenters. The number of ether oxygens (including phenoxy) is 1. The number of nitrogens with zero attached hydrogens (tertiary/aromatic N) is 1. The van der Waals surface area contributed by atoms with E-state index in [2.05, 4.69) is 0 Å². The molecule has 2 heterocycles. The van der Waals surface area contributed by atoms with Crippen molar-refractivity contribution in [3.63, 3.8) is 0 Å². The summed E-state index contributed by atoms with van der Waals surface area (Å²) in [4.78, 5) is 26.8. The zero-order chi connectivity index (χ0) is 22.5. The Morgan fingerprint density at radius 3 is 2.71 bits per heavy atom. The number of fused-ring (bicyclic) bond motifs is 2. The second-order valence-corrected chi connectivity index (χ2v) is 9.42. The Balaban J connectivity index is 1.51. The van der Waals surface area contributed by atoms with Crippen molar-refractivity contribution in [3.05, 3.63) is 58.3 Å². The number of aryl methyl sites for hydroxylation is 1. The van der Waals surface area contributed by atoms with Crippen LogP contribution in [0.4, 0.5) is 5.69 Å². The van der Waals surface area contributed by atoms with Crippen molar-refractivity contribution >= 4 is 50.2 Å². The summed E-state index contributed by atoms with van der Waals surface area (Å²) >= 11 is 6.00. The number of primary sulfonamides is 1. The normalized spacial score (nSPS) is 15.9. The second-order valence-electron chi connectivity index (χ2n) is 7.43. The second kappa shape index (κ2) is 7.67. The van der Waals surface area contributed by atoms with Crippen molar-refractivity contribution in [1.29, 1.82) is 0 Å². The predicted molar refractivity (Wildman–Crippen MR) is 115 cm³/mol. The van der Waals surface area contributed by atoms with E-state index in [4.69, 9.17) is 25.9 Å². The summed E-state index contributed by atoms with van der Waals surface area (Å²) in [6, 6.07) is 9.11. The first-order chi connectivity index (χ1) is 14.6. The molecule has 1 aromatic heterocycles. The molecular weight excluding hydrogens is 444 g/mol. The summed E-state index contributed by atoms with van der Waals surface area (Å²) in [7, 11) is -3.84. The van der Waals surface area contributed by atoms with Gasteiger partial charge in [-0.1, -0.05) is 11.6 Å². The Bertz CT molecular complexity index is 1330. The third-order valence-electron chi connectivity index (χ3n) is 5.27. The molecule has 10 heteroatoms. The molecule has 0 saturated heterocycles. The Labute approximate surface area is 183 Å². The van der Waals surface area contributed by atoms with Gasteiger partial charge in [-0.05, 0) is 62.2 Å². The zero-order valence-electron chi connectivity index (χ0n) is 16.7. The number of hydrogen-bond donors (Lipinski definition) is 1. The van der Waals surface area contributed by atoms with E-state index in [9.17, 15) is 18.0 Å². The molecule has 1 atom stereocenters. The molecular formula is C21H19ClN2O6S. The molecule has 0 saturated carbocycles. The SMILES string of the molecule is Cc1c(C(=O)OCC(=O)N2c3ccc(S(N)(=O)=O)cc3C[C@@H]2C)oc2ccc(Cl)cc12. The molecule has 3 aromatic rings. The molecule has 2 aromatic carbocycles. The standard InChI is InChI=1S/C21H19ClN2O6S/c1-11-7-13-8-15(31(23,27)28)4-5-17(13)24(11)19(25)10-29-21(26)20-12(2)16-9-14(22)3-6-18(16)30-20/h3-6,8-9,11H,7,10H2,1-2H3,(H2,23,27,28)/t11-/m0/s1. The van der Waals surface area contributed by atoms with Gasteiger partial charge in [-0.15, -0.1) is 0 Å². The molecule has 2 N–H and O–H groups in total. The molecule has 162 valence electrons. The summed E-state index contributed by atoms with van der Waals surface area (Å²) in [5, 5.41) is 6.39. The van der Waals surface area contributed by atoms with E-state index < -0.39 is 28.5 Å². The van der Waals surface area contributed by atoms with Gasteiger partial charge in [0.2, 0.25) is 15.8 Å². The first-order valence-electron chi connectivity index (χ1n) is 9.40. The fraction of sp³-hybridized carbons (Fsp3) is 0.238. The molecule has 0 aliphatic carbocycles. The number of amides is 1. The number of sulfonamides is 1. The van der Waals surface area contributed by atoms with Gasteiger partial charge < -0.3 is 14.1 Å². The maximum absolute atomic E-state index is 12.8. The largest absolute Gasteiger partial charge is 0.450 e. The van der Waals surface area contributed by atoms with Gasteiger partial charge >= 0.3 is 5.97 Å². The fourth-order valence-corrected chi connectivity index (χ4v) is 4.55. The van der Waals surface area contributed by atoms with Crippen LogP contribution in [-0.2, 0) is 26.0 Å². The van der Waals surface area contributed by atoms with Crippen LogP contribution in [0.3, 0.4) is 0 Å². The molecule has 0 fully saturated rings. The highest BCUT2D eigenvalue weighted by atomic mass is 35.5. The van der Waals surface area contributed by atoms with Crippen molar-refractivity contribution in [3.8, 4) is 0 Å². The molecule has 4 rings (SSSR count). The summed E-state index contributed by atoms with van der Waals surface area (Å²) in [6.45, 7) is 3.04. The molecule has 0 bridgehead atoms. The van der Waals surface area contributed by atoms with Crippen LogP contribution in [0.2, 0.25) is 5.02 Å². The van der Waals surface area contributed by atoms with E-state index in [0.717, 1.165) is 0 Å². The van der Waals surface area contributed by atoms with Crippen LogP contribution in [0.5, 0.6) is 0 Å². The minimum atomic E-state index is -3.84. The van der Waals surface area contributed by atoms with E-state index in [-0.39, 0.29) is 16.7 Å². The van der Waals surface area contributed by atoms with Crippen LogP contribution in [0.15, 0.2) is 45.7 Å². The topological polar surface area (TPSA) is 120 Å². The van der Waals surface area contributed by atoms with Crippen molar-refractivity contribution in [2.45, 2.75) is 31.2 Å². The maximum atomic E-state index is 12.8. The highest BCUT2D eigenvalue weighted by Crippen LogP contribution is 2.34. The average Bonchev–Trinajstić information content (AvgIpc) is 3.21. The Morgan fingerprint density at radius 1 is 1.26 bits per heavy atom. The molecule has 0 spiro atoms. The van der Waals surface area contributed by atoms with Gasteiger partial charge in [-0.2, -0.15) is 0 Å². The predicted octanol–water partition coefficient (Wildman–Crippen LogP) is 3.18. The van der Waals surface area contributed by atoms with Crippen LogP contribution in [0.1, 0.15) is 28.6 Å². The molecule has 1 aliphatic rings. The van der Waals surface area contributed by atoms with Crippen LogP contribution >= 0.6 is 11.6 Å². The molecule has 1 aliphatic heterocycles. The summed E-state index contributed by atoms with van der Waals surface area (Å²) in [6.07, 6.45) is 0.460. The highest BCUT2D eigenvalue weighted by molar-refractivity contribution is 7.89. The lowest BCUT2D eigenvalue weighted by Gasteiger charge is -2.22. The van der Waals surface area contributed by atoms with Crippen LogP contribution in [0, 0.1) is 6.92 Å². The lowest BCUT2D eigenvalue weighted by molar-refractivity contribution is -0.122. The monoisotopic (exact) mass is 462 g/mol. The lowest BCUT2D eigenvalue weighted by Crippen LogP contribution is -2.38. The van der Waals surface area contributed by atoms with Gasteiger partial charge in [-0.25, -0.2) is 18.4 Å². The van der Waals surface area contributed by atoms with Crippen molar-refractivity contribution in [2.75, 3.05) is 11.5 Å². The first kappa shape index (κ1) is 21.4. The highest BCUT2D eigenvalue weighted by Gasteiger charge is 2.32. The lowest BCUT2D eigenvalue weighted by atomic mass is 10.1. The number of benzene rings is 2. The summed E-state index contributed by atoms with van der Waals surface area (Å²) < 4.78 is 33.9. The number of carbonyl (C=O) groups is 2. The Morgan fingerprint density at radius 2 is 2.00 bits per heavy atom. The zero-order valence-corrected chi connectivity index (χ0v) is 18.3. The third-order valence-corrected chi connectivity index (χ3v) is 6.42. The van der Waals surface area contributed by atoms with Crippen LogP contribution < -0.4 is 10.0 Å². The van der Waals surface area contributed by atoms with E-state index in [1.807, 2.05) is 6.92 Å². The van der Waals surface area contributed by atoms with E-state index >= 15 is 0 Å². The average molecular weight is 463 g/mol. The smallest absolute Gasteiger partial charge is 0.375 e. The van der Waals surface area contributed by atoms with Gasteiger partial charge in [0.15, 0.2) is 6.61 Å². The summed E-state index contributed by atoms with van der Waals surface area (Å²) in [5.74, 6) is -1.17. The van der Waals surface area contributed by atoms with Gasteiger partial charge in [0.05, 0.1) is 4.90 Å². The number of nitrogens with two attached hydrogens (primary N) is 1. The molecule has 31 heavy (non-hydrogen) atoms. The minimum Gasteiger partial charge on any atom is -0.450 e. The van der Waals surface area contributed by atoms with Crippen LogP contribution in [-0.4, -0.2) is 32.9 Å². The van der Waals surface area contributed by atoms with Crippen LogP contribution in [0.25, 0.3) is 11.0 Å². The number of rotatable bonds is 4. The number of carbonyl (C=O) groups excluding carboxylic acids is 2. The minimum absolute atomic E-state index is 0.0118. The van der Waals surface area contributed by atoms with E-state index in [1.54, 1.807) is 25.1 Å². The molecule has 1 amide bonds.